The number of hydrogen-bond donors (Lipinski definition) is 2. The maximum atomic E-state index is 11.5. The fourth-order valence-corrected chi connectivity index (χ4v) is 5.44. The molecule has 1 saturated heterocycles. The molecule has 3 atom stereocenters. The van der Waals surface area contributed by atoms with E-state index in [2.05, 4.69) is 16.8 Å². The monoisotopic (exact) mass is 460 g/mol. The number of benzene rings is 1. The summed E-state index contributed by atoms with van der Waals surface area (Å²) in [6, 6.07) is 7.57. The van der Waals surface area contributed by atoms with Crippen LogP contribution in [0.3, 0.4) is 0 Å². The molecule has 2 heterocycles. The average molecular weight is 461 g/mol. The number of aliphatic hydroxyl groups is 1. The summed E-state index contributed by atoms with van der Waals surface area (Å²) < 4.78 is 5.34. The standard InChI is InChI=1S/C25H36N2O4S/c1-3-32-14-4-12-27-13-10-18(19(17-27)15-25(29)30)5-8-24(28)21-9-11-26-23-7-6-20(31-2)16-22(21)23/h6-7,9,11,16,18-19,24,28H,3-5,8,10,12-15,17H2,1-2H3,(H,29,30)/t18-,19+,24?/m1/s1. The first-order valence-electron chi connectivity index (χ1n) is 11.6. The Morgan fingerprint density at radius 1 is 1.34 bits per heavy atom. The molecule has 0 saturated carbocycles. The van der Waals surface area contributed by atoms with Crippen LogP contribution in [0.5, 0.6) is 5.75 Å². The van der Waals surface area contributed by atoms with Crippen molar-refractivity contribution < 1.29 is 19.7 Å². The highest BCUT2D eigenvalue weighted by atomic mass is 32.2. The van der Waals surface area contributed by atoms with Gasteiger partial charge in [0, 0.05) is 24.5 Å². The molecule has 1 aromatic heterocycles. The Kier molecular flexibility index (Phi) is 9.63. The van der Waals surface area contributed by atoms with E-state index in [1.54, 1.807) is 13.3 Å². The smallest absolute Gasteiger partial charge is 0.303 e. The number of fused-ring (bicyclic) bond motifs is 1. The number of piperidine rings is 1. The van der Waals surface area contributed by atoms with E-state index in [1.807, 2.05) is 36.0 Å². The van der Waals surface area contributed by atoms with Crippen molar-refractivity contribution in [2.45, 2.75) is 45.1 Å². The molecular weight excluding hydrogens is 424 g/mol. The lowest BCUT2D eigenvalue weighted by molar-refractivity contribution is -0.139. The van der Waals surface area contributed by atoms with E-state index in [1.165, 1.54) is 0 Å². The van der Waals surface area contributed by atoms with Crippen LogP contribution in [0.15, 0.2) is 30.5 Å². The lowest BCUT2D eigenvalue weighted by atomic mass is 9.79. The summed E-state index contributed by atoms with van der Waals surface area (Å²) in [6.45, 7) is 5.09. The van der Waals surface area contributed by atoms with Gasteiger partial charge in [0.15, 0.2) is 0 Å². The fourth-order valence-electron chi connectivity index (χ4n) is 4.82. The van der Waals surface area contributed by atoms with Gasteiger partial charge < -0.3 is 19.8 Å². The van der Waals surface area contributed by atoms with E-state index in [4.69, 9.17) is 4.74 Å². The molecule has 0 aliphatic carbocycles. The lowest BCUT2D eigenvalue weighted by Crippen LogP contribution is -2.42. The highest BCUT2D eigenvalue weighted by Crippen LogP contribution is 2.34. The third kappa shape index (κ3) is 6.83. The second-order valence-electron chi connectivity index (χ2n) is 8.63. The van der Waals surface area contributed by atoms with Crippen molar-refractivity contribution in [3.8, 4) is 5.75 Å². The van der Waals surface area contributed by atoms with E-state index >= 15 is 0 Å². The van der Waals surface area contributed by atoms with Crippen molar-refractivity contribution in [3.05, 3.63) is 36.0 Å². The summed E-state index contributed by atoms with van der Waals surface area (Å²) in [5.41, 5.74) is 1.69. The molecule has 2 N–H and O–H groups in total. The molecule has 0 amide bonds. The zero-order chi connectivity index (χ0) is 22.9. The Morgan fingerprint density at radius 3 is 2.94 bits per heavy atom. The van der Waals surface area contributed by atoms with Gasteiger partial charge in [0.25, 0.3) is 0 Å². The van der Waals surface area contributed by atoms with Crippen LogP contribution < -0.4 is 4.74 Å². The number of aromatic nitrogens is 1. The molecule has 32 heavy (non-hydrogen) atoms. The van der Waals surface area contributed by atoms with Crippen LogP contribution in [-0.4, -0.2) is 64.3 Å². The number of carboxylic acid groups (broad SMARTS) is 1. The van der Waals surface area contributed by atoms with Crippen molar-refractivity contribution in [2.75, 3.05) is 38.2 Å². The molecule has 6 nitrogen and oxygen atoms in total. The molecule has 2 aromatic rings. The molecule has 3 rings (SSSR count). The number of aliphatic hydroxyl groups excluding tert-OH is 1. The van der Waals surface area contributed by atoms with Crippen LogP contribution in [0.4, 0.5) is 0 Å². The number of likely N-dealkylation sites (tertiary alicyclic amines) is 1. The van der Waals surface area contributed by atoms with Crippen LogP contribution in [0.2, 0.25) is 0 Å². The fraction of sp³-hybridized carbons (Fsp3) is 0.600. The van der Waals surface area contributed by atoms with Gasteiger partial charge >= 0.3 is 5.97 Å². The van der Waals surface area contributed by atoms with E-state index in [-0.39, 0.29) is 12.3 Å². The van der Waals surface area contributed by atoms with E-state index in [0.29, 0.717) is 12.3 Å². The summed E-state index contributed by atoms with van der Waals surface area (Å²) in [4.78, 5) is 18.3. The average Bonchev–Trinajstić information content (AvgIpc) is 2.80. The SMILES string of the molecule is CCSCCCN1CC[C@@H](CCC(O)c2ccnc3ccc(OC)cc23)[C@@H](CC(=O)O)C1. The van der Waals surface area contributed by atoms with E-state index < -0.39 is 12.1 Å². The van der Waals surface area contributed by atoms with Gasteiger partial charge in [0.1, 0.15) is 5.75 Å². The number of nitrogens with zero attached hydrogens (tertiary/aromatic N) is 2. The van der Waals surface area contributed by atoms with Crippen molar-refractivity contribution in [1.29, 1.82) is 0 Å². The minimum absolute atomic E-state index is 0.140. The number of carbonyl (C=O) groups is 1. The number of thioether (sulfide) groups is 1. The molecule has 1 fully saturated rings. The molecule has 1 aliphatic rings. The maximum absolute atomic E-state index is 11.5. The number of ether oxygens (including phenoxy) is 1. The van der Waals surface area contributed by atoms with Crippen molar-refractivity contribution in [1.82, 2.24) is 9.88 Å². The third-order valence-corrected chi connectivity index (χ3v) is 7.52. The Morgan fingerprint density at radius 2 is 2.19 bits per heavy atom. The predicted molar refractivity (Wildman–Crippen MR) is 130 cm³/mol. The Hall–Kier alpha value is -1.83. The minimum atomic E-state index is -0.726. The van der Waals surface area contributed by atoms with Crippen LogP contribution in [0.25, 0.3) is 10.9 Å². The summed E-state index contributed by atoms with van der Waals surface area (Å²) in [5.74, 6) is 2.79. The van der Waals surface area contributed by atoms with Gasteiger partial charge in [-0.1, -0.05) is 6.92 Å². The van der Waals surface area contributed by atoms with Crippen molar-refractivity contribution in [3.63, 3.8) is 0 Å². The Bertz CT molecular complexity index is 878. The van der Waals surface area contributed by atoms with Crippen molar-refractivity contribution >= 4 is 28.6 Å². The molecule has 0 spiro atoms. The second kappa shape index (κ2) is 12.4. The number of pyridine rings is 1. The number of methoxy groups -OCH3 is 1. The zero-order valence-electron chi connectivity index (χ0n) is 19.2. The molecule has 0 bridgehead atoms. The largest absolute Gasteiger partial charge is 0.497 e. The lowest BCUT2D eigenvalue weighted by Gasteiger charge is -2.38. The molecule has 1 unspecified atom stereocenters. The first kappa shape index (κ1) is 24.8. The van der Waals surface area contributed by atoms with Gasteiger partial charge in [-0.3, -0.25) is 9.78 Å². The van der Waals surface area contributed by atoms with Gasteiger partial charge in [-0.2, -0.15) is 11.8 Å². The van der Waals surface area contributed by atoms with Crippen LogP contribution >= 0.6 is 11.8 Å². The number of rotatable bonds is 12. The summed E-state index contributed by atoms with van der Waals surface area (Å²) >= 11 is 1.96. The quantitative estimate of drug-likeness (QED) is 0.448. The molecule has 1 aliphatic heterocycles. The first-order chi connectivity index (χ1) is 15.5. The van der Waals surface area contributed by atoms with Gasteiger partial charge in [-0.25, -0.2) is 0 Å². The van der Waals surface area contributed by atoms with Gasteiger partial charge in [0.05, 0.1) is 18.7 Å². The van der Waals surface area contributed by atoms with Gasteiger partial charge in [0.2, 0.25) is 0 Å². The van der Waals surface area contributed by atoms with E-state index in [9.17, 15) is 15.0 Å². The zero-order valence-corrected chi connectivity index (χ0v) is 20.0. The third-order valence-electron chi connectivity index (χ3n) is 6.53. The highest BCUT2D eigenvalue weighted by molar-refractivity contribution is 7.99. The summed E-state index contributed by atoms with van der Waals surface area (Å²) in [6.07, 6.45) is 4.92. The predicted octanol–water partition coefficient (Wildman–Crippen LogP) is 4.61. The van der Waals surface area contributed by atoms with Gasteiger partial charge in [-0.15, -0.1) is 0 Å². The maximum Gasteiger partial charge on any atom is 0.303 e. The van der Waals surface area contributed by atoms with Crippen LogP contribution in [0, 0.1) is 11.8 Å². The first-order valence-corrected chi connectivity index (χ1v) is 12.8. The number of hydrogen-bond acceptors (Lipinski definition) is 6. The Balaban J connectivity index is 1.62. The molecular formula is C25H36N2O4S. The highest BCUT2D eigenvalue weighted by Gasteiger charge is 2.31. The van der Waals surface area contributed by atoms with Gasteiger partial charge in [-0.05, 0) is 91.9 Å². The normalized spacial score (nSPS) is 20.3. The second-order valence-corrected chi connectivity index (χ2v) is 10.0. The summed E-state index contributed by atoms with van der Waals surface area (Å²) in [7, 11) is 1.63. The topological polar surface area (TPSA) is 82.9 Å². The Labute approximate surface area is 195 Å². The van der Waals surface area contributed by atoms with E-state index in [0.717, 1.165) is 72.6 Å². The molecule has 1 aromatic carbocycles. The minimum Gasteiger partial charge on any atom is -0.497 e. The summed E-state index contributed by atoms with van der Waals surface area (Å²) in [5, 5.41) is 21.4. The van der Waals surface area contributed by atoms with Crippen molar-refractivity contribution in [2.24, 2.45) is 11.8 Å². The molecule has 176 valence electrons. The number of carboxylic acids is 1. The van der Waals surface area contributed by atoms with Crippen LogP contribution in [0.1, 0.15) is 50.7 Å². The van der Waals surface area contributed by atoms with Crippen LogP contribution in [-0.2, 0) is 4.79 Å². The molecule has 0 radical (unpaired) electrons. The molecule has 7 heteroatoms. The number of aliphatic carboxylic acids is 1.